The Kier molecular flexibility index (Phi) is 8.41. The normalized spacial score (nSPS) is 24.5. The van der Waals surface area contributed by atoms with E-state index in [0.29, 0.717) is 4.31 Å². The number of nitrogens with zero attached hydrogens (tertiary/aromatic N) is 2. The number of likely N-dealkylation sites (N-methyl/N-ethyl adjacent to an activating group) is 2. The molecule has 1 saturated heterocycles. The number of likely N-dealkylation sites (tertiary alicyclic amines) is 1. The highest BCUT2D eigenvalue weighted by Crippen LogP contribution is 2.58. The predicted molar refractivity (Wildman–Crippen MR) is 158 cm³/mol. The third kappa shape index (κ3) is 4.91. The number of sulfonamides is 1. The van der Waals surface area contributed by atoms with E-state index in [1.165, 1.54) is 51.5 Å². The molecule has 0 radical (unpaired) electrons. The molecule has 2 aliphatic heterocycles. The lowest BCUT2D eigenvalue weighted by Crippen LogP contribution is -2.70. The molecule has 16 heteroatoms. The van der Waals surface area contributed by atoms with Crippen LogP contribution in [0.3, 0.4) is 0 Å². The van der Waals surface area contributed by atoms with E-state index in [1.807, 2.05) is 0 Å². The highest BCUT2D eigenvalue weighted by Gasteiger charge is 2.72. The summed E-state index contributed by atoms with van der Waals surface area (Å²) in [6, 6.07) is 11.1. The average molecular weight is 687 g/mol. The fourth-order valence-electron chi connectivity index (χ4n) is 6.68. The summed E-state index contributed by atoms with van der Waals surface area (Å²) in [5.74, 6) is -3.16. The minimum Gasteiger partial charge on any atom is -0.497 e. The Morgan fingerprint density at radius 3 is 2.37 bits per heavy atom. The zero-order chi connectivity index (χ0) is 33.8. The number of quaternary nitrogens is 1. The van der Waals surface area contributed by atoms with Gasteiger partial charge < -0.3 is 19.5 Å². The van der Waals surface area contributed by atoms with Gasteiger partial charge in [-0.3, -0.25) is 14.1 Å². The molecule has 2 amide bonds. The van der Waals surface area contributed by atoms with Gasteiger partial charge in [0.1, 0.15) is 16.4 Å². The Balaban J connectivity index is 1.89. The highest BCUT2D eigenvalue weighted by atomic mass is 35.5. The number of methoxy groups -OCH3 is 2. The molecule has 246 valence electrons. The molecule has 10 nitrogen and oxygen atoms in total. The Labute approximate surface area is 267 Å². The van der Waals surface area contributed by atoms with Crippen LogP contribution in [-0.4, -0.2) is 78.2 Å². The molecule has 3 unspecified atom stereocenters. The minimum absolute atomic E-state index is 0.0321. The van der Waals surface area contributed by atoms with Crippen molar-refractivity contribution < 1.29 is 54.3 Å². The van der Waals surface area contributed by atoms with Gasteiger partial charge in [0.15, 0.2) is 11.9 Å². The van der Waals surface area contributed by atoms with E-state index in [-0.39, 0.29) is 46.3 Å². The second-order valence-corrected chi connectivity index (χ2v) is 13.1. The van der Waals surface area contributed by atoms with Gasteiger partial charge in [-0.1, -0.05) is 23.7 Å². The fraction of sp³-hybridized carbons (Fsp3) is 0.333. The summed E-state index contributed by atoms with van der Waals surface area (Å²) >= 11 is 6.45. The second-order valence-electron chi connectivity index (χ2n) is 10.9. The molecular formula is C30H29ClF4N3O7S+. The third-order valence-corrected chi connectivity index (χ3v) is 10.5. The third-order valence-electron chi connectivity index (χ3n) is 8.56. The van der Waals surface area contributed by atoms with Crippen molar-refractivity contribution >= 4 is 39.1 Å². The largest absolute Gasteiger partial charge is 0.573 e. The quantitative estimate of drug-likeness (QED) is 0.274. The number of amides is 2. The number of anilines is 1. The Hall–Kier alpha value is -4.08. The number of hydrogen-bond acceptors (Lipinski definition) is 7. The lowest BCUT2D eigenvalue weighted by Gasteiger charge is -2.48. The highest BCUT2D eigenvalue weighted by molar-refractivity contribution is 7.93. The van der Waals surface area contributed by atoms with Crippen molar-refractivity contribution in [2.75, 3.05) is 39.2 Å². The van der Waals surface area contributed by atoms with E-state index in [2.05, 4.69) is 10.1 Å². The van der Waals surface area contributed by atoms with E-state index < -0.39 is 61.1 Å². The van der Waals surface area contributed by atoms with Crippen molar-refractivity contribution in [1.82, 2.24) is 5.32 Å². The van der Waals surface area contributed by atoms with E-state index in [9.17, 15) is 26.4 Å². The zero-order valence-corrected chi connectivity index (χ0v) is 26.5. The molecular weight excluding hydrogens is 658 g/mol. The molecule has 0 saturated carbocycles. The first-order valence-electron chi connectivity index (χ1n) is 13.8. The first-order chi connectivity index (χ1) is 21.6. The van der Waals surface area contributed by atoms with Crippen LogP contribution in [0.5, 0.6) is 17.2 Å². The lowest BCUT2D eigenvalue weighted by atomic mass is 9.78. The van der Waals surface area contributed by atoms with Gasteiger partial charge in [0.05, 0.1) is 44.6 Å². The lowest BCUT2D eigenvalue weighted by molar-refractivity contribution is -0.953. The average Bonchev–Trinajstić information content (AvgIpc) is 3.46. The molecule has 0 bridgehead atoms. The molecule has 4 atom stereocenters. The minimum atomic E-state index is -5.32. The molecule has 2 aliphatic rings. The number of ether oxygens (including phenoxy) is 3. The topological polar surface area (TPSA) is 111 Å². The van der Waals surface area contributed by atoms with Crippen LogP contribution in [0, 0.1) is 0 Å². The van der Waals surface area contributed by atoms with Gasteiger partial charge in [-0.15, -0.1) is 13.2 Å². The van der Waals surface area contributed by atoms with Crippen LogP contribution in [0.1, 0.15) is 17.5 Å². The number of alkyl halides is 4. The van der Waals surface area contributed by atoms with Crippen molar-refractivity contribution in [1.29, 1.82) is 0 Å². The molecule has 0 aliphatic carbocycles. The van der Waals surface area contributed by atoms with Gasteiger partial charge in [-0.25, -0.2) is 12.8 Å². The number of carbonyl (C=O) groups is 2. The van der Waals surface area contributed by atoms with Gasteiger partial charge >= 0.3 is 12.3 Å². The molecule has 2 heterocycles. The summed E-state index contributed by atoms with van der Waals surface area (Å²) in [6.45, 7) is -0.131. The van der Waals surface area contributed by atoms with Crippen LogP contribution in [0.25, 0.3) is 0 Å². The number of halogens is 5. The molecule has 1 N–H and O–H groups in total. The maximum atomic E-state index is 15.8. The van der Waals surface area contributed by atoms with Crippen molar-refractivity contribution in [3.8, 4) is 17.2 Å². The summed E-state index contributed by atoms with van der Waals surface area (Å²) in [4.78, 5) is 27.6. The number of benzene rings is 3. The van der Waals surface area contributed by atoms with Gasteiger partial charge in [0.25, 0.3) is 15.9 Å². The number of fused-ring (bicyclic) bond motifs is 1. The van der Waals surface area contributed by atoms with Gasteiger partial charge in [-0.05, 0) is 42.5 Å². The maximum absolute atomic E-state index is 15.8. The molecule has 1 fully saturated rings. The van der Waals surface area contributed by atoms with Gasteiger partial charge in [0.2, 0.25) is 11.6 Å². The molecule has 46 heavy (non-hydrogen) atoms. The standard InChI is InChI=1S/C30H28ClF4N3O7S/c1-36-27(39)26-21(32)13-14-38(26,2)29(19-7-5-6-8-23(19)44-4)20-15-17(31)9-11-22(20)37(28(29)40)46(41,42)25-12-10-18(43-3)16-24(25)45-30(33,34)35/h5-12,15-16,21,26H,13-14H2,1-4H3/p+1/t21?,26-,29?,38?/m0/s1. The first kappa shape index (κ1) is 33.3. The Bertz CT molecular complexity index is 1830. The van der Waals surface area contributed by atoms with Gasteiger partial charge in [0, 0.05) is 24.6 Å². The number of rotatable bonds is 8. The molecule has 0 spiro atoms. The molecule has 3 aromatic rings. The van der Waals surface area contributed by atoms with E-state index in [1.54, 1.807) is 12.1 Å². The monoisotopic (exact) mass is 686 g/mol. The van der Waals surface area contributed by atoms with E-state index >= 15 is 9.18 Å². The van der Waals surface area contributed by atoms with Crippen LogP contribution >= 0.6 is 11.6 Å². The van der Waals surface area contributed by atoms with Crippen molar-refractivity contribution in [3.63, 3.8) is 0 Å². The molecule has 0 aromatic heterocycles. The van der Waals surface area contributed by atoms with Crippen molar-refractivity contribution in [3.05, 3.63) is 76.8 Å². The Morgan fingerprint density at radius 2 is 1.74 bits per heavy atom. The summed E-state index contributed by atoms with van der Waals surface area (Å²) in [5, 5.41) is 2.51. The van der Waals surface area contributed by atoms with Crippen molar-refractivity contribution in [2.24, 2.45) is 0 Å². The number of hydrogen-bond donors (Lipinski definition) is 1. The summed E-state index contributed by atoms with van der Waals surface area (Å²) in [5.41, 5.74) is -2.44. The fourth-order valence-corrected chi connectivity index (χ4v) is 8.41. The van der Waals surface area contributed by atoms with Crippen LogP contribution in [0.15, 0.2) is 65.6 Å². The van der Waals surface area contributed by atoms with Crippen LogP contribution < -0.4 is 23.8 Å². The number of carbonyl (C=O) groups excluding carboxylic acids is 2. The summed E-state index contributed by atoms with van der Waals surface area (Å²) < 4.78 is 99.7. The molecule has 3 aromatic carbocycles. The van der Waals surface area contributed by atoms with Gasteiger partial charge in [-0.2, -0.15) is 4.31 Å². The number of nitrogens with one attached hydrogen (secondary N) is 1. The van der Waals surface area contributed by atoms with E-state index in [0.717, 1.165) is 25.3 Å². The summed E-state index contributed by atoms with van der Waals surface area (Å²) in [6.07, 6.45) is -7.25. The Morgan fingerprint density at radius 1 is 1.04 bits per heavy atom. The smallest absolute Gasteiger partial charge is 0.497 e. The van der Waals surface area contributed by atoms with E-state index in [4.69, 9.17) is 21.1 Å². The molecule has 5 rings (SSSR count). The number of para-hydroxylation sites is 1. The zero-order valence-electron chi connectivity index (χ0n) is 24.9. The predicted octanol–water partition coefficient (Wildman–Crippen LogP) is 4.54. The first-order valence-corrected chi connectivity index (χ1v) is 15.6. The second kappa shape index (κ2) is 11.6. The SMILES string of the molecule is CNC(=O)[C@@H]1C(F)CC[N+]1(C)C1(c2ccccc2OC)C(=O)N(S(=O)(=O)c2ccc(OC)cc2OC(F)(F)F)c2ccc(Cl)cc21. The maximum Gasteiger partial charge on any atom is 0.573 e. The van der Waals surface area contributed by atoms with Crippen LogP contribution in [0.2, 0.25) is 5.02 Å². The van der Waals surface area contributed by atoms with Crippen LogP contribution in [0.4, 0.5) is 23.2 Å². The summed E-state index contributed by atoms with van der Waals surface area (Å²) in [7, 11) is -0.00581. The van der Waals surface area contributed by atoms with Crippen molar-refractivity contribution in [2.45, 2.75) is 35.4 Å². The van der Waals surface area contributed by atoms with Crippen LogP contribution in [-0.2, 0) is 25.2 Å².